The van der Waals surface area contributed by atoms with Crippen molar-refractivity contribution in [2.24, 2.45) is 0 Å². The third-order valence-electron chi connectivity index (χ3n) is 10.0. The number of likely N-dealkylation sites (N-methyl/N-ethyl adjacent to an activating group) is 2. The van der Waals surface area contributed by atoms with Gasteiger partial charge in [0.15, 0.2) is 0 Å². The molecule has 3 saturated heterocycles. The second kappa shape index (κ2) is 15.8. The molecule has 52 heavy (non-hydrogen) atoms. The Kier molecular flexibility index (Phi) is 11.2. The van der Waals surface area contributed by atoms with Crippen molar-refractivity contribution < 1.29 is 18.0 Å². The second-order valence-corrected chi connectivity index (χ2v) is 17.4. The van der Waals surface area contributed by atoms with Crippen LogP contribution in [-0.4, -0.2) is 127 Å². The van der Waals surface area contributed by atoms with Crippen LogP contribution in [0, 0.1) is 0 Å². The van der Waals surface area contributed by atoms with E-state index in [1.54, 1.807) is 16.8 Å². The summed E-state index contributed by atoms with van der Waals surface area (Å²) in [5.41, 5.74) is 2.82. The van der Waals surface area contributed by atoms with Crippen LogP contribution in [-0.2, 0) is 44.0 Å². The van der Waals surface area contributed by atoms with Gasteiger partial charge in [0, 0.05) is 113 Å². The number of halogens is 2. The first-order valence-corrected chi connectivity index (χ1v) is 20.9. The molecule has 0 bridgehead atoms. The monoisotopic (exact) mass is 788 g/mol. The summed E-state index contributed by atoms with van der Waals surface area (Å²) in [6.45, 7) is 4.59. The fourth-order valence-electron chi connectivity index (χ4n) is 7.15. The minimum atomic E-state index is -1.08. The Morgan fingerprint density at radius 1 is 0.673 bits per heavy atom. The lowest BCUT2D eigenvalue weighted by molar-refractivity contribution is -0.132. The van der Waals surface area contributed by atoms with Gasteiger partial charge in [0.25, 0.3) is 0 Å². The van der Waals surface area contributed by atoms with E-state index in [2.05, 4.69) is 30.4 Å². The van der Waals surface area contributed by atoms with Crippen molar-refractivity contribution in [2.75, 3.05) is 85.3 Å². The molecule has 0 radical (unpaired) electrons. The molecule has 2 unspecified atom stereocenters. The Hall–Kier alpha value is -3.60. The highest BCUT2D eigenvalue weighted by Crippen LogP contribution is 2.32. The molecule has 8 rings (SSSR count). The van der Waals surface area contributed by atoms with E-state index in [0.29, 0.717) is 72.8 Å². The quantitative estimate of drug-likeness (QED) is 0.353. The third kappa shape index (κ3) is 8.14. The molecule has 18 heteroatoms. The number of rotatable bonds is 6. The largest absolute Gasteiger partial charge is 0.368 e. The van der Waals surface area contributed by atoms with E-state index in [0.717, 1.165) is 66.0 Å². The number of fused-ring (bicyclic) bond motifs is 2. The Morgan fingerprint density at radius 3 is 1.71 bits per heavy atom. The number of aryl methyl sites for hydroxylation is 2. The van der Waals surface area contributed by atoms with E-state index >= 15 is 0 Å². The van der Waals surface area contributed by atoms with Crippen molar-refractivity contribution in [1.29, 1.82) is 0 Å². The van der Waals surface area contributed by atoms with E-state index in [4.69, 9.17) is 33.2 Å². The number of anilines is 4. The molecule has 2 N–H and O–H groups in total. The van der Waals surface area contributed by atoms with E-state index < -0.39 is 21.6 Å². The van der Waals surface area contributed by atoms with Crippen LogP contribution in [0.15, 0.2) is 34.1 Å². The molecule has 0 spiro atoms. The molecule has 5 aliphatic rings. The summed E-state index contributed by atoms with van der Waals surface area (Å²) in [7, 11) is 1.46. The molecule has 3 aromatic rings. The fourth-order valence-corrected chi connectivity index (χ4v) is 10.1. The first-order chi connectivity index (χ1) is 25.0. The highest BCUT2D eigenvalue weighted by atomic mass is 35.5. The second-order valence-electron chi connectivity index (χ2n) is 13.6. The molecule has 3 fully saturated rings. The minimum Gasteiger partial charge on any atom is -0.368 e. The molecular weight excluding hydrogens is 747 g/mol. The van der Waals surface area contributed by atoms with E-state index in [9.17, 15) is 18.0 Å². The van der Waals surface area contributed by atoms with Crippen LogP contribution >= 0.6 is 23.2 Å². The van der Waals surface area contributed by atoms with Crippen molar-refractivity contribution in [3.63, 3.8) is 0 Å². The molecule has 2 amide bonds. The van der Waals surface area contributed by atoms with Gasteiger partial charge in [-0.05, 0) is 48.7 Å². The van der Waals surface area contributed by atoms with Gasteiger partial charge >= 0.3 is 0 Å². The summed E-state index contributed by atoms with van der Waals surface area (Å²) in [6.07, 6.45) is 3.90. The Bertz CT molecular complexity index is 1900. The zero-order chi connectivity index (χ0) is 36.5. The Morgan fingerprint density at radius 2 is 1.17 bits per heavy atom. The van der Waals surface area contributed by atoms with Gasteiger partial charge in [-0.15, -0.1) is 0 Å². The number of amides is 2. The lowest BCUT2D eigenvalue weighted by Gasteiger charge is -2.36. The van der Waals surface area contributed by atoms with Crippen LogP contribution < -0.4 is 20.4 Å². The predicted octanol–water partition coefficient (Wildman–Crippen LogP) is 2.98. The van der Waals surface area contributed by atoms with Gasteiger partial charge in [0.2, 0.25) is 23.0 Å². The minimum absolute atomic E-state index is 0.101. The van der Waals surface area contributed by atoms with E-state index in [1.807, 2.05) is 31.3 Å². The SMILES string of the molecule is CN1C[C@@H](Nc2nc(Cl)nc3c2S(=O)CC3)CCC1=O.CN1C[C@@H](Nc2nc(N3CCN(c4ccc(Cl)cc4)CC3)nc3c2S(=O)CC3)CCC1=O. The first kappa shape index (κ1) is 36.7. The molecule has 2 aromatic heterocycles. The van der Waals surface area contributed by atoms with Crippen LogP contribution in [0.1, 0.15) is 37.1 Å². The normalized spacial score (nSPS) is 24.3. The highest BCUT2D eigenvalue weighted by molar-refractivity contribution is 7.85. The molecule has 278 valence electrons. The summed E-state index contributed by atoms with van der Waals surface area (Å²) < 4.78 is 24.7. The number of hydrogen-bond donors (Lipinski definition) is 2. The number of aromatic nitrogens is 4. The average Bonchev–Trinajstić information content (AvgIpc) is 3.70. The average molecular weight is 790 g/mol. The fraction of sp³-hybridized carbons (Fsp3) is 0.529. The van der Waals surface area contributed by atoms with E-state index in [-0.39, 0.29) is 29.2 Å². The number of hydrogen-bond acceptors (Lipinski definition) is 12. The molecule has 0 aliphatic carbocycles. The van der Waals surface area contributed by atoms with E-state index in [1.165, 1.54) is 0 Å². The Balaban J connectivity index is 0.000000180. The summed E-state index contributed by atoms with van der Waals surface area (Å²) >= 11 is 11.9. The molecule has 4 atom stereocenters. The summed E-state index contributed by atoms with van der Waals surface area (Å²) in [6, 6.07) is 8.14. The van der Waals surface area contributed by atoms with Crippen molar-refractivity contribution in [3.05, 3.63) is 46.0 Å². The van der Waals surface area contributed by atoms with Crippen LogP contribution in [0.2, 0.25) is 10.3 Å². The molecular formula is C34H42Cl2N10O4S2. The number of nitrogens with one attached hydrogen (secondary N) is 2. The summed E-state index contributed by atoms with van der Waals surface area (Å²) in [5, 5.41) is 7.69. The maximum atomic E-state index is 12.7. The molecule has 14 nitrogen and oxygen atoms in total. The van der Waals surface area contributed by atoms with Crippen LogP contribution in [0.4, 0.5) is 23.3 Å². The standard InChI is InChI=1S/C22H27ClN6O2S.C12H15ClN4O2S/c1-27-14-16(4-7-19(27)30)24-21-20-18(8-13-32(20)31)25-22(26-21)29-11-9-28(10-12-29)17-5-2-15(23)3-6-17;1-17-6-7(2-3-9(17)18)14-11-10-8(4-5-20(10)19)15-12(13)16-11/h2-3,5-6,16H,4,7-14H2,1H3,(H,24,25,26);7H,2-6H2,1H3,(H,14,15,16)/t16-,32?;7-,20?/m00/s1. The first-order valence-electron chi connectivity index (χ1n) is 17.5. The highest BCUT2D eigenvalue weighted by Gasteiger charge is 2.32. The van der Waals surface area contributed by atoms with Crippen molar-refractivity contribution in [2.45, 2.75) is 60.4 Å². The van der Waals surface area contributed by atoms with Crippen LogP contribution in [0.5, 0.6) is 0 Å². The topological polar surface area (TPSA) is 157 Å². The number of nitrogens with zero attached hydrogens (tertiary/aromatic N) is 8. The number of piperidine rings is 2. The number of benzene rings is 1. The number of carbonyl (C=O) groups excluding carboxylic acids is 2. The predicted molar refractivity (Wildman–Crippen MR) is 203 cm³/mol. The number of piperazine rings is 1. The van der Waals surface area contributed by atoms with Gasteiger partial charge in [-0.25, -0.2) is 9.97 Å². The van der Waals surface area contributed by atoms with Gasteiger partial charge in [0.05, 0.1) is 33.0 Å². The van der Waals surface area contributed by atoms with Gasteiger partial charge in [-0.3, -0.25) is 18.0 Å². The van der Waals surface area contributed by atoms with Gasteiger partial charge in [-0.1, -0.05) is 11.6 Å². The zero-order valence-corrected chi connectivity index (χ0v) is 32.3. The maximum Gasteiger partial charge on any atom is 0.227 e. The summed E-state index contributed by atoms with van der Waals surface area (Å²) in [5.74, 6) is 3.41. The van der Waals surface area contributed by atoms with Crippen LogP contribution in [0.25, 0.3) is 0 Å². The number of carbonyl (C=O) groups is 2. The van der Waals surface area contributed by atoms with Crippen molar-refractivity contribution in [1.82, 2.24) is 29.7 Å². The molecule has 7 heterocycles. The summed E-state index contributed by atoms with van der Waals surface area (Å²) in [4.78, 5) is 50.7. The van der Waals surface area contributed by atoms with Crippen LogP contribution in [0.3, 0.4) is 0 Å². The zero-order valence-electron chi connectivity index (χ0n) is 29.1. The molecule has 0 saturated carbocycles. The van der Waals surface area contributed by atoms with Crippen molar-refractivity contribution >= 4 is 79.9 Å². The lowest BCUT2D eigenvalue weighted by atomic mass is 10.1. The lowest BCUT2D eigenvalue weighted by Crippen LogP contribution is -2.47. The molecule has 5 aliphatic heterocycles. The maximum absolute atomic E-state index is 12.7. The van der Waals surface area contributed by atoms with Gasteiger partial charge in [0.1, 0.15) is 21.4 Å². The van der Waals surface area contributed by atoms with Crippen molar-refractivity contribution in [3.8, 4) is 0 Å². The third-order valence-corrected chi connectivity index (χ3v) is 13.4. The Labute approximate surface area is 318 Å². The van der Waals surface area contributed by atoms with Gasteiger partial charge < -0.3 is 30.2 Å². The number of likely N-dealkylation sites (tertiary alicyclic amines) is 2. The smallest absolute Gasteiger partial charge is 0.227 e. The molecule has 1 aromatic carbocycles. The van der Waals surface area contributed by atoms with Gasteiger partial charge in [-0.2, -0.15) is 9.97 Å².